The third-order valence-electron chi connectivity index (χ3n) is 3.54. The maximum absolute atomic E-state index is 12.6. The van der Waals surface area contributed by atoms with Crippen molar-refractivity contribution in [1.29, 1.82) is 0 Å². The summed E-state index contributed by atoms with van der Waals surface area (Å²) in [6, 6.07) is 11.5. The SMILES string of the molecule is COCCOc1c(Cl)cccc1NC(=O)c1ccc(NC(=O)OC(C)(C)C)cc1. The summed E-state index contributed by atoms with van der Waals surface area (Å²) >= 11 is 6.18. The lowest BCUT2D eigenvalue weighted by Crippen LogP contribution is -2.27. The standard InChI is InChI=1S/C21H25ClN2O5/c1-21(2,3)29-20(26)23-15-10-8-14(9-11-15)19(25)24-17-7-5-6-16(22)18(17)28-13-12-27-4/h5-11H,12-13H2,1-4H3,(H,23,26)(H,24,25). The molecule has 0 saturated heterocycles. The summed E-state index contributed by atoms with van der Waals surface area (Å²) in [7, 11) is 1.57. The molecule has 156 valence electrons. The zero-order chi connectivity index (χ0) is 21.4. The van der Waals surface area contributed by atoms with Gasteiger partial charge in [0, 0.05) is 18.4 Å². The van der Waals surface area contributed by atoms with Gasteiger partial charge in [-0.15, -0.1) is 0 Å². The Balaban J connectivity index is 2.04. The normalized spacial score (nSPS) is 10.9. The van der Waals surface area contributed by atoms with Gasteiger partial charge in [-0.3, -0.25) is 10.1 Å². The molecule has 0 spiro atoms. The van der Waals surface area contributed by atoms with Gasteiger partial charge in [0.25, 0.3) is 5.91 Å². The van der Waals surface area contributed by atoms with E-state index in [4.69, 9.17) is 25.8 Å². The van der Waals surface area contributed by atoms with Crippen molar-refractivity contribution < 1.29 is 23.8 Å². The van der Waals surface area contributed by atoms with Crippen LogP contribution in [0, 0.1) is 0 Å². The largest absolute Gasteiger partial charge is 0.487 e. The van der Waals surface area contributed by atoms with Crippen LogP contribution in [0.15, 0.2) is 42.5 Å². The number of anilines is 2. The average Bonchev–Trinajstić information content (AvgIpc) is 2.63. The highest BCUT2D eigenvalue weighted by atomic mass is 35.5. The van der Waals surface area contributed by atoms with E-state index >= 15 is 0 Å². The number of amides is 2. The second-order valence-electron chi connectivity index (χ2n) is 7.12. The number of hydrogen-bond donors (Lipinski definition) is 2. The number of benzene rings is 2. The molecule has 2 aromatic rings. The highest BCUT2D eigenvalue weighted by molar-refractivity contribution is 6.32. The number of rotatable bonds is 7. The van der Waals surface area contributed by atoms with Crippen molar-refractivity contribution in [3.05, 3.63) is 53.1 Å². The van der Waals surface area contributed by atoms with Gasteiger partial charge in [-0.2, -0.15) is 0 Å². The van der Waals surface area contributed by atoms with Crippen LogP contribution in [-0.4, -0.2) is 37.9 Å². The van der Waals surface area contributed by atoms with E-state index < -0.39 is 11.7 Å². The molecule has 29 heavy (non-hydrogen) atoms. The van der Waals surface area contributed by atoms with Crippen LogP contribution < -0.4 is 15.4 Å². The predicted molar refractivity (Wildman–Crippen MR) is 113 cm³/mol. The van der Waals surface area contributed by atoms with Gasteiger partial charge in [0.1, 0.15) is 12.2 Å². The number of para-hydroxylation sites is 1. The van der Waals surface area contributed by atoms with Gasteiger partial charge in [-0.25, -0.2) is 4.79 Å². The van der Waals surface area contributed by atoms with Gasteiger partial charge in [-0.05, 0) is 57.2 Å². The summed E-state index contributed by atoms with van der Waals surface area (Å²) in [4.78, 5) is 24.4. The van der Waals surface area contributed by atoms with Crippen LogP contribution in [0.3, 0.4) is 0 Å². The highest BCUT2D eigenvalue weighted by Gasteiger charge is 2.17. The predicted octanol–water partition coefficient (Wildman–Crippen LogP) is 4.96. The van der Waals surface area contributed by atoms with E-state index in [1.165, 1.54) is 0 Å². The fourth-order valence-corrected chi connectivity index (χ4v) is 2.53. The molecule has 0 fully saturated rings. The van der Waals surface area contributed by atoms with Crippen molar-refractivity contribution in [1.82, 2.24) is 0 Å². The first-order valence-corrected chi connectivity index (χ1v) is 9.39. The van der Waals surface area contributed by atoms with Gasteiger partial charge < -0.3 is 19.5 Å². The Labute approximate surface area is 175 Å². The van der Waals surface area contributed by atoms with Crippen molar-refractivity contribution in [2.45, 2.75) is 26.4 Å². The first-order chi connectivity index (χ1) is 13.7. The lowest BCUT2D eigenvalue weighted by atomic mass is 10.2. The summed E-state index contributed by atoms with van der Waals surface area (Å²) in [5.74, 6) is 0.0375. The molecule has 0 atom stereocenters. The van der Waals surface area contributed by atoms with Crippen LogP contribution in [0.2, 0.25) is 5.02 Å². The quantitative estimate of drug-likeness (QED) is 0.618. The second-order valence-corrected chi connectivity index (χ2v) is 7.52. The number of carbonyl (C=O) groups excluding carboxylic acids is 2. The smallest absolute Gasteiger partial charge is 0.412 e. The molecule has 0 radical (unpaired) electrons. The number of hydrogen-bond acceptors (Lipinski definition) is 5. The van der Waals surface area contributed by atoms with E-state index in [0.717, 1.165) is 0 Å². The Kier molecular flexibility index (Phi) is 7.87. The van der Waals surface area contributed by atoms with Crippen molar-refractivity contribution in [2.75, 3.05) is 31.0 Å². The fourth-order valence-electron chi connectivity index (χ4n) is 2.30. The molecule has 0 aromatic heterocycles. The molecule has 0 saturated carbocycles. The Morgan fingerprint density at radius 3 is 2.31 bits per heavy atom. The average molecular weight is 421 g/mol. The Morgan fingerprint density at radius 2 is 1.69 bits per heavy atom. The summed E-state index contributed by atoms with van der Waals surface area (Å²) in [5, 5.41) is 5.79. The monoisotopic (exact) mass is 420 g/mol. The lowest BCUT2D eigenvalue weighted by molar-refractivity contribution is 0.0636. The zero-order valence-electron chi connectivity index (χ0n) is 16.9. The van der Waals surface area contributed by atoms with E-state index in [9.17, 15) is 9.59 Å². The summed E-state index contributed by atoms with van der Waals surface area (Å²) in [6.45, 7) is 6.04. The number of nitrogens with one attached hydrogen (secondary N) is 2. The van der Waals surface area contributed by atoms with Gasteiger partial charge in [0.05, 0.1) is 17.3 Å². The minimum Gasteiger partial charge on any atom is -0.487 e. The molecule has 2 N–H and O–H groups in total. The van der Waals surface area contributed by atoms with Crippen molar-refractivity contribution in [3.8, 4) is 5.75 Å². The van der Waals surface area contributed by atoms with E-state index in [2.05, 4.69) is 10.6 Å². The molecule has 0 aliphatic rings. The van der Waals surface area contributed by atoms with Crippen LogP contribution >= 0.6 is 11.6 Å². The second kappa shape index (κ2) is 10.1. The minimum absolute atomic E-state index is 0.300. The molecule has 0 aliphatic heterocycles. The minimum atomic E-state index is -0.593. The third kappa shape index (κ3) is 7.29. The van der Waals surface area contributed by atoms with Crippen LogP contribution in [0.25, 0.3) is 0 Å². The molecule has 2 aromatic carbocycles. The Hall–Kier alpha value is -2.77. The molecule has 0 bridgehead atoms. The first-order valence-electron chi connectivity index (χ1n) is 9.01. The number of methoxy groups -OCH3 is 1. The van der Waals surface area contributed by atoms with Crippen molar-refractivity contribution >= 4 is 35.0 Å². The van der Waals surface area contributed by atoms with E-state index in [0.29, 0.717) is 40.9 Å². The number of carbonyl (C=O) groups is 2. The molecule has 0 unspecified atom stereocenters. The van der Waals surface area contributed by atoms with E-state index in [-0.39, 0.29) is 5.91 Å². The summed E-state index contributed by atoms with van der Waals surface area (Å²) in [6.07, 6.45) is -0.563. The molecular weight excluding hydrogens is 396 g/mol. The van der Waals surface area contributed by atoms with Gasteiger partial charge >= 0.3 is 6.09 Å². The van der Waals surface area contributed by atoms with Gasteiger partial charge in [0.15, 0.2) is 5.75 Å². The zero-order valence-corrected chi connectivity index (χ0v) is 17.6. The maximum Gasteiger partial charge on any atom is 0.412 e. The highest BCUT2D eigenvalue weighted by Crippen LogP contribution is 2.33. The molecule has 0 aliphatic carbocycles. The summed E-state index contributed by atoms with van der Waals surface area (Å²) in [5.41, 5.74) is 0.781. The Morgan fingerprint density at radius 1 is 1.00 bits per heavy atom. The summed E-state index contributed by atoms with van der Waals surface area (Å²) < 4.78 is 15.8. The topological polar surface area (TPSA) is 85.9 Å². The fraction of sp³-hybridized carbons (Fsp3) is 0.333. The van der Waals surface area contributed by atoms with Crippen LogP contribution in [-0.2, 0) is 9.47 Å². The Bertz CT molecular complexity index is 847. The molecule has 7 nitrogen and oxygen atoms in total. The van der Waals surface area contributed by atoms with E-state index in [1.54, 1.807) is 70.3 Å². The molecular formula is C21H25ClN2O5. The molecule has 2 rings (SSSR count). The molecule has 2 amide bonds. The lowest BCUT2D eigenvalue weighted by Gasteiger charge is -2.19. The van der Waals surface area contributed by atoms with Gasteiger partial charge in [-0.1, -0.05) is 17.7 Å². The van der Waals surface area contributed by atoms with Crippen LogP contribution in [0.5, 0.6) is 5.75 Å². The van der Waals surface area contributed by atoms with Crippen LogP contribution in [0.4, 0.5) is 16.2 Å². The maximum atomic E-state index is 12.6. The van der Waals surface area contributed by atoms with Crippen molar-refractivity contribution in [3.63, 3.8) is 0 Å². The number of halogens is 1. The van der Waals surface area contributed by atoms with Gasteiger partial charge in [0.2, 0.25) is 0 Å². The van der Waals surface area contributed by atoms with E-state index in [1.807, 2.05) is 0 Å². The number of ether oxygens (including phenoxy) is 3. The molecule has 8 heteroatoms. The van der Waals surface area contributed by atoms with Crippen molar-refractivity contribution in [2.24, 2.45) is 0 Å². The van der Waals surface area contributed by atoms with Crippen LogP contribution in [0.1, 0.15) is 31.1 Å². The first kappa shape index (κ1) is 22.5. The molecule has 0 heterocycles. The third-order valence-corrected chi connectivity index (χ3v) is 3.84.